The summed E-state index contributed by atoms with van der Waals surface area (Å²) in [6.07, 6.45) is 1.14. The lowest BCUT2D eigenvalue weighted by molar-refractivity contribution is -0.138. The molecule has 25 heavy (non-hydrogen) atoms. The van der Waals surface area contributed by atoms with Crippen LogP contribution in [-0.4, -0.2) is 31.1 Å². The van der Waals surface area contributed by atoms with Crippen LogP contribution in [0.4, 0.5) is 0 Å². The molecule has 0 bridgehead atoms. The normalized spacial score (nSPS) is 11.7. The number of hydrogen-bond acceptors (Lipinski definition) is 3. The number of nitrogens with zero attached hydrogens (tertiary/aromatic N) is 1. The molecule has 4 heteroatoms. The van der Waals surface area contributed by atoms with E-state index in [1.807, 2.05) is 55.5 Å². The van der Waals surface area contributed by atoms with E-state index in [0.29, 0.717) is 13.0 Å². The van der Waals surface area contributed by atoms with Crippen LogP contribution in [0.5, 0.6) is 11.5 Å². The molecule has 0 aromatic heterocycles. The van der Waals surface area contributed by atoms with Crippen LogP contribution < -0.4 is 9.47 Å². The molecule has 1 amide bonds. The van der Waals surface area contributed by atoms with Crippen LogP contribution in [0, 0.1) is 0 Å². The molecular weight excluding hydrogens is 314 g/mol. The number of ether oxygens (including phenoxy) is 2. The summed E-state index contributed by atoms with van der Waals surface area (Å²) >= 11 is 0. The lowest BCUT2D eigenvalue weighted by atomic mass is 10.1. The van der Waals surface area contributed by atoms with Crippen molar-refractivity contribution in [2.45, 2.75) is 39.3 Å². The predicted molar refractivity (Wildman–Crippen MR) is 100.0 cm³/mol. The number of aryl methyl sites for hydroxylation is 1. The highest BCUT2D eigenvalue weighted by Crippen LogP contribution is 2.18. The van der Waals surface area contributed by atoms with E-state index >= 15 is 0 Å². The fraction of sp³-hybridized carbons (Fsp3) is 0.381. The molecular formula is C21H27NO3. The van der Waals surface area contributed by atoms with E-state index in [1.54, 1.807) is 19.1 Å². The number of carbonyl (C=O) groups is 1. The molecule has 0 unspecified atom stereocenters. The quantitative estimate of drug-likeness (QED) is 0.726. The molecule has 134 valence electrons. The average Bonchev–Trinajstić information content (AvgIpc) is 2.66. The molecule has 0 N–H and O–H groups in total. The summed E-state index contributed by atoms with van der Waals surface area (Å²) in [5, 5.41) is 0. The van der Waals surface area contributed by atoms with Gasteiger partial charge in [0, 0.05) is 13.6 Å². The number of amides is 1. The van der Waals surface area contributed by atoms with Crippen molar-refractivity contribution in [3.63, 3.8) is 0 Å². The SMILES string of the molecule is CCc1ccc(O[C@@H](CC)C(=O)N(C)Cc2ccc(OC)cc2)cc1. The van der Waals surface area contributed by atoms with Crippen LogP contribution >= 0.6 is 0 Å². The van der Waals surface area contributed by atoms with Crippen molar-refractivity contribution in [2.75, 3.05) is 14.2 Å². The van der Waals surface area contributed by atoms with E-state index in [4.69, 9.17) is 9.47 Å². The van der Waals surface area contributed by atoms with E-state index in [9.17, 15) is 4.79 Å². The van der Waals surface area contributed by atoms with Crippen molar-refractivity contribution >= 4 is 5.91 Å². The Labute approximate surface area is 150 Å². The molecule has 0 saturated heterocycles. The Balaban J connectivity index is 1.98. The minimum Gasteiger partial charge on any atom is -0.497 e. The third-order valence-electron chi connectivity index (χ3n) is 4.21. The first-order chi connectivity index (χ1) is 12.1. The van der Waals surface area contributed by atoms with E-state index < -0.39 is 6.10 Å². The van der Waals surface area contributed by atoms with Crippen LogP contribution in [0.3, 0.4) is 0 Å². The van der Waals surface area contributed by atoms with Gasteiger partial charge in [0.2, 0.25) is 0 Å². The maximum absolute atomic E-state index is 12.7. The van der Waals surface area contributed by atoms with Gasteiger partial charge in [-0.15, -0.1) is 0 Å². The molecule has 2 rings (SSSR count). The maximum Gasteiger partial charge on any atom is 0.263 e. The van der Waals surface area contributed by atoms with E-state index in [0.717, 1.165) is 23.5 Å². The summed E-state index contributed by atoms with van der Waals surface area (Å²) in [7, 11) is 3.44. The highest BCUT2D eigenvalue weighted by molar-refractivity contribution is 5.81. The zero-order valence-electron chi connectivity index (χ0n) is 15.5. The molecule has 0 aliphatic heterocycles. The van der Waals surface area contributed by atoms with Crippen LogP contribution in [0.2, 0.25) is 0 Å². The summed E-state index contributed by atoms with van der Waals surface area (Å²) in [4.78, 5) is 14.4. The van der Waals surface area contributed by atoms with E-state index in [2.05, 4.69) is 6.92 Å². The Morgan fingerprint density at radius 3 is 2.04 bits per heavy atom. The van der Waals surface area contributed by atoms with Gasteiger partial charge in [-0.05, 0) is 48.2 Å². The number of rotatable bonds is 8. The number of hydrogen-bond donors (Lipinski definition) is 0. The highest BCUT2D eigenvalue weighted by atomic mass is 16.5. The molecule has 0 heterocycles. The lowest BCUT2D eigenvalue weighted by Gasteiger charge is -2.24. The summed E-state index contributed by atoms with van der Waals surface area (Å²) < 4.78 is 11.1. The maximum atomic E-state index is 12.7. The first-order valence-electron chi connectivity index (χ1n) is 8.70. The first kappa shape index (κ1) is 18.8. The molecule has 0 aliphatic rings. The number of methoxy groups -OCH3 is 1. The summed E-state index contributed by atoms with van der Waals surface area (Å²) in [6, 6.07) is 15.7. The van der Waals surface area contributed by atoms with E-state index in [-0.39, 0.29) is 5.91 Å². The molecule has 2 aromatic carbocycles. The second kappa shape index (κ2) is 9.11. The number of likely N-dealkylation sites (N-methyl/N-ethyl adjacent to an activating group) is 1. The fourth-order valence-electron chi connectivity index (χ4n) is 2.60. The zero-order valence-corrected chi connectivity index (χ0v) is 15.5. The van der Waals surface area contributed by atoms with E-state index in [1.165, 1.54) is 5.56 Å². The van der Waals surface area contributed by atoms with Crippen LogP contribution in [0.15, 0.2) is 48.5 Å². The molecule has 0 radical (unpaired) electrons. The molecule has 4 nitrogen and oxygen atoms in total. The molecule has 0 saturated carbocycles. The third-order valence-corrected chi connectivity index (χ3v) is 4.21. The van der Waals surface area contributed by atoms with Crippen LogP contribution in [-0.2, 0) is 17.8 Å². The molecule has 0 fully saturated rings. The Morgan fingerprint density at radius 2 is 1.52 bits per heavy atom. The Morgan fingerprint density at radius 1 is 0.960 bits per heavy atom. The first-order valence-corrected chi connectivity index (χ1v) is 8.70. The van der Waals surface area contributed by atoms with Gasteiger partial charge in [0.15, 0.2) is 6.10 Å². The van der Waals surface area contributed by atoms with Crippen molar-refractivity contribution < 1.29 is 14.3 Å². The second-order valence-corrected chi connectivity index (χ2v) is 6.05. The summed E-state index contributed by atoms with van der Waals surface area (Å²) in [5.74, 6) is 1.52. The van der Waals surface area contributed by atoms with Crippen molar-refractivity contribution in [1.82, 2.24) is 4.90 Å². The molecule has 0 spiro atoms. The van der Waals surface area contributed by atoms with Crippen molar-refractivity contribution in [3.8, 4) is 11.5 Å². The zero-order chi connectivity index (χ0) is 18.2. The van der Waals surface area contributed by atoms with Gasteiger partial charge in [0.05, 0.1) is 7.11 Å². The van der Waals surface area contributed by atoms with Gasteiger partial charge in [-0.25, -0.2) is 0 Å². The summed E-state index contributed by atoms with van der Waals surface area (Å²) in [5.41, 5.74) is 2.31. The molecule has 2 aromatic rings. The van der Waals surface area contributed by atoms with Gasteiger partial charge in [-0.1, -0.05) is 38.1 Å². The highest BCUT2D eigenvalue weighted by Gasteiger charge is 2.22. The van der Waals surface area contributed by atoms with Gasteiger partial charge in [0.1, 0.15) is 11.5 Å². The minimum atomic E-state index is -0.476. The predicted octanol–water partition coefficient (Wildman–Crippen LogP) is 4.07. The largest absolute Gasteiger partial charge is 0.497 e. The molecule has 1 atom stereocenters. The lowest BCUT2D eigenvalue weighted by Crippen LogP contribution is -2.39. The van der Waals surface area contributed by atoms with Crippen LogP contribution in [0.1, 0.15) is 31.4 Å². The Bertz CT molecular complexity index is 665. The molecule has 0 aliphatic carbocycles. The number of benzene rings is 2. The topological polar surface area (TPSA) is 38.8 Å². The second-order valence-electron chi connectivity index (χ2n) is 6.05. The summed E-state index contributed by atoms with van der Waals surface area (Å²) in [6.45, 7) is 4.62. The van der Waals surface area contributed by atoms with Gasteiger partial charge in [-0.3, -0.25) is 4.79 Å². The van der Waals surface area contributed by atoms with Gasteiger partial charge in [0.25, 0.3) is 5.91 Å². The Kier molecular flexibility index (Phi) is 6.87. The van der Waals surface area contributed by atoms with Crippen molar-refractivity contribution in [3.05, 3.63) is 59.7 Å². The van der Waals surface area contributed by atoms with Gasteiger partial charge < -0.3 is 14.4 Å². The minimum absolute atomic E-state index is 0.0158. The van der Waals surface area contributed by atoms with Crippen molar-refractivity contribution in [1.29, 1.82) is 0 Å². The number of carbonyl (C=O) groups excluding carboxylic acids is 1. The van der Waals surface area contributed by atoms with Gasteiger partial charge >= 0.3 is 0 Å². The third kappa shape index (κ3) is 5.24. The average molecular weight is 341 g/mol. The van der Waals surface area contributed by atoms with Gasteiger partial charge in [-0.2, -0.15) is 0 Å². The smallest absolute Gasteiger partial charge is 0.263 e. The monoisotopic (exact) mass is 341 g/mol. The Hall–Kier alpha value is -2.49. The van der Waals surface area contributed by atoms with Crippen molar-refractivity contribution in [2.24, 2.45) is 0 Å². The van der Waals surface area contributed by atoms with Crippen LogP contribution in [0.25, 0.3) is 0 Å². The fourth-order valence-corrected chi connectivity index (χ4v) is 2.60. The standard InChI is InChI=1S/C21H27NO3/c1-5-16-7-13-19(14-8-16)25-20(6-2)21(23)22(3)15-17-9-11-18(24-4)12-10-17/h7-14,20H,5-6,15H2,1-4H3/t20-/m0/s1.